The monoisotopic (exact) mass is 352 g/mol. The molecule has 0 spiro atoms. The van der Waals surface area contributed by atoms with E-state index in [9.17, 15) is 5.11 Å². The van der Waals surface area contributed by atoms with Gasteiger partial charge in [0.25, 0.3) is 0 Å². The van der Waals surface area contributed by atoms with Crippen molar-refractivity contribution in [2.24, 2.45) is 5.92 Å². The first-order valence-corrected chi connectivity index (χ1v) is 8.78. The molecule has 3 unspecified atom stereocenters. The number of nitrogens with zero attached hydrogens (tertiary/aromatic N) is 2. The third-order valence-corrected chi connectivity index (χ3v) is 5.62. The van der Waals surface area contributed by atoms with E-state index >= 15 is 0 Å². The van der Waals surface area contributed by atoms with E-state index in [1.165, 1.54) is 31.5 Å². The van der Waals surface area contributed by atoms with Crippen LogP contribution in [-0.2, 0) is 0 Å². The van der Waals surface area contributed by atoms with Gasteiger partial charge in [-0.25, -0.2) is 0 Å². The van der Waals surface area contributed by atoms with Crippen molar-refractivity contribution >= 4 is 21.6 Å². The number of likely N-dealkylation sites (tertiary alicyclic amines) is 1. The molecule has 0 saturated carbocycles. The minimum absolute atomic E-state index is 0.417. The van der Waals surface area contributed by atoms with Gasteiger partial charge >= 0.3 is 0 Å². The van der Waals surface area contributed by atoms with Crippen LogP contribution in [0.5, 0.6) is 0 Å². The Hall–Kier alpha value is -0.580. The van der Waals surface area contributed by atoms with Crippen LogP contribution in [0, 0.1) is 5.92 Å². The standard InChI is InChI=1S/C17H25BrN2O/c1-12(21)15-6-5-14(18)10-17(15)20-9-7-16-13(11-20)4-3-8-19(16)2/h5-6,10,12-13,16,21H,3-4,7-9,11H2,1-2H3. The predicted molar refractivity (Wildman–Crippen MR) is 90.7 cm³/mol. The second-order valence-corrected chi connectivity index (χ2v) is 7.48. The lowest BCUT2D eigenvalue weighted by molar-refractivity contribution is 0.102. The highest BCUT2D eigenvalue weighted by Crippen LogP contribution is 2.36. The first-order valence-electron chi connectivity index (χ1n) is 7.99. The molecular weight excluding hydrogens is 328 g/mol. The summed E-state index contributed by atoms with van der Waals surface area (Å²) in [6, 6.07) is 6.97. The van der Waals surface area contributed by atoms with Crippen molar-refractivity contribution in [3.63, 3.8) is 0 Å². The lowest BCUT2D eigenvalue weighted by Crippen LogP contribution is -2.52. The maximum atomic E-state index is 10.1. The SMILES string of the molecule is CC(O)c1ccc(Br)cc1N1CCC2C(CCCN2C)C1. The van der Waals surface area contributed by atoms with E-state index < -0.39 is 6.10 Å². The van der Waals surface area contributed by atoms with E-state index in [1.807, 2.05) is 19.1 Å². The molecular formula is C17H25BrN2O. The minimum Gasteiger partial charge on any atom is -0.389 e. The molecule has 0 amide bonds. The van der Waals surface area contributed by atoms with Crippen molar-refractivity contribution in [1.82, 2.24) is 4.90 Å². The fourth-order valence-corrected chi connectivity index (χ4v) is 4.36. The summed E-state index contributed by atoms with van der Waals surface area (Å²) in [5.41, 5.74) is 2.24. The van der Waals surface area contributed by atoms with Gasteiger partial charge in [0, 0.05) is 34.9 Å². The summed E-state index contributed by atoms with van der Waals surface area (Å²) in [4.78, 5) is 5.02. The Morgan fingerprint density at radius 3 is 2.86 bits per heavy atom. The Bertz CT molecular complexity index is 506. The average Bonchev–Trinajstić information content (AvgIpc) is 2.46. The van der Waals surface area contributed by atoms with Gasteiger partial charge in [-0.2, -0.15) is 0 Å². The van der Waals surface area contributed by atoms with Crippen LogP contribution < -0.4 is 4.90 Å². The molecule has 2 aliphatic rings. The zero-order valence-electron chi connectivity index (χ0n) is 12.9. The van der Waals surface area contributed by atoms with Crippen LogP contribution in [0.3, 0.4) is 0 Å². The number of hydrogen-bond acceptors (Lipinski definition) is 3. The minimum atomic E-state index is -0.417. The predicted octanol–water partition coefficient (Wildman–Crippen LogP) is 3.42. The summed E-state index contributed by atoms with van der Waals surface area (Å²) in [6.07, 6.45) is 3.46. The van der Waals surface area contributed by atoms with Gasteiger partial charge in [0.05, 0.1) is 6.10 Å². The topological polar surface area (TPSA) is 26.7 Å². The fraction of sp³-hybridized carbons (Fsp3) is 0.647. The zero-order valence-corrected chi connectivity index (χ0v) is 14.5. The summed E-state index contributed by atoms with van der Waals surface area (Å²) in [5.74, 6) is 0.762. The number of aliphatic hydroxyl groups is 1. The third kappa shape index (κ3) is 3.13. The summed E-state index contributed by atoms with van der Waals surface area (Å²) in [5, 5.41) is 10.1. The summed E-state index contributed by atoms with van der Waals surface area (Å²) in [7, 11) is 2.27. The van der Waals surface area contributed by atoms with Crippen LogP contribution in [0.4, 0.5) is 5.69 Å². The van der Waals surface area contributed by atoms with Gasteiger partial charge in [0.1, 0.15) is 0 Å². The molecule has 2 heterocycles. The molecule has 4 heteroatoms. The molecule has 2 fully saturated rings. The van der Waals surface area contributed by atoms with Gasteiger partial charge in [-0.1, -0.05) is 22.0 Å². The Morgan fingerprint density at radius 2 is 2.10 bits per heavy atom. The van der Waals surface area contributed by atoms with Crippen molar-refractivity contribution < 1.29 is 5.11 Å². The van der Waals surface area contributed by atoms with Crippen molar-refractivity contribution in [1.29, 1.82) is 0 Å². The Morgan fingerprint density at radius 1 is 1.29 bits per heavy atom. The van der Waals surface area contributed by atoms with Gasteiger partial charge in [-0.05, 0) is 57.8 Å². The van der Waals surface area contributed by atoms with Crippen LogP contribution in [0.25, 0.3) is 0 Å². The molecule has 0 radical (unpaired) electrons. The number of hydrogen-bond donors (Lipinski definition) is 1. The van der Waals surface area contributed by atoms with Gasteiger partial charge in [-0.3, -0.25) is 0 Å². The highest BCUT2D eigenvalue weighted by atomic mass is 79.9. The quantitative estimate of drug-likeness (QED) is 0.883. The maximum Gasteiger partial charge on any atom is 0.0782 e. The van der Waals surface area contributed by atoms with E-state index in [2.05, 4.69) is 38.8 Å². The van der Waals surface area contributed by atoms with E-state index in [0.29, 0.717) is 0 Å². The molecule has 0 bridgehead atoms. The van der Waals surface area contributed by atoms with Crippen LogP contribution in [0.2, 0.25) is 0 Å². The van der Waals surface area contributed by atoms with Crippen molar-refractivity contribution in [3.8, 4) is 0 Å². The molecule has 1 N–H and O–H groups in total. The number of anilines is 1. The lowest BCUT2D eigenvalue weighted by atomic mass is 9.84. The van der Waals surface area contributed by atoms with Gasteiger partial charge < -0.3 is 14.9 Å². The summed E-state index contributed by atoms with van der Waals surface area (Å²) >= 11 is 3.57. The summed E-state index contributed by atoms with van der Waals surface area (Å²) in [6.45, 7) is 5.30. The van der Waals surface area contributed by atoms with E-state index in [1.54, 1.807) is 0 Å². The number of halogens is 1. The highest BCUT2D eigenvalue weighted by molar-refractivity contribution is 9.10. The van der Waals surface area contributed by atoms with Gasteiger partial charge in [0.15, 0.2) is 0 Å². The second-order valence-electron chi connectivity index (χ2n) is 6.56. The highest BCUT2D eigenvalue weighted by Gasteiger charge is 2.34. The Labute approximate surface area is 136 Å². The third-order valence-electron chi connectivity index (χ3n) is 5.13. The van der Waals surface area contributed by atoms with Crippen molar-refractivity contribution in [3.05, 3.63) is 28.2 Å². The molecule has 3 nitrogen and oxygen atoms in total. The normalized spacial score (nSPS) is 28.3. The number of piperidine rings is 2. The van der Waals surface area contributed by atoms with Crippen LogP contribution >= 0.6 is 15.9 Å². The van der Waals surface area contributed by atoms with E-state index in [4.69, 9.17) is 0 Å². The second kappa shape index (κ2) is 6.27. The molecule has 2 saturated heterocycles. The zero-order chi connectivity index (χ0) is 15.0. The van der Waals surface area contributed by atoms with Crippen molar-refractivity contribution in [2.45, 2.75) is 38.3 Å². The summed E-state index contributed by atoms with van der Waals surface area (Å²) < 4.78 is 1.09. The molecule has 2 aliphatic heterocycles. The van der Waals surface area contributed by atoms with Gasteiger partial charge in [0.2, 0.25) is 0 Å². The molecule has 1 aromatic rings. The first-order chi connectivity index (χ1) is 10.1. The van der Waals surface area contributed by atoms with Crippen molar-refractivity contribution in [2.75, 3.05) is 31.6 Å². The van der Waals surface area contributed by atoms with Crippen LogP contribution in [0.15, 0.2) is 22.7 Å². The van der Waals surface area contributed by atoms with Crippen LogP contribution in [-0.4, -0.2) is 42.7 Å². The number of aliphatic hydroxyl groups excluding tert-OH is 1. The average molecular weight is 353 g/mol. The van der Waals surface area contributed by atoms with Gasteiger partial charge in [-0.15, -0.1) is 0 Å². The fourth-order valence-electron chi connectivity index (χ4n) is 4.02. The molecule has 3 rings (SSSR count). The Balaban J connectivity index is 1.83. The lowest BCUT2D eigenvalue weighted by Gasteiger charge is -2.47. The first kappa shape index (κ1) is 15.3. The number of benzene rings is 1. The smallest absolute Gasteiger partial charge is 0.0782 e. The number of fused-ring (bicyclic) bond motifs is 1. The molecule has 0 aromatic heterocycles. The number of rotatable bonds is 2. The largest absolute Gasteiger partial charge is 0.389 e. The molecule has 21 heavy (non-hydrogen) atoms. The molecule has 116 valence electrons. The maximum absolute atomic E-state index is 10.1. The molecule has 1 aromatic carbocycles. The van der Waals surface area contributed by atoms with E-state index in [-0.39, 0.29) is 0 Å². The molecule has 0 aliphatic carbocycles. The molecule has 3 atom stereocenters. The van der Waals surface area contributed by atoms with Crippen LogP contribution in [0.1, 0.15) is 37.9 Å². The Kier molecular flexibility index (Phi) is 4.57. The van der Waals surface area contributed by atoms with E-state index in [0.717, 1.165) is 35.1 Å².